The zero-order valence-electron chi connectivity index (χ0n) is 17.2. The van der Waals surface area contributed by atoms with Gasteiger partial charge in [-0.1, -0.05) is 54.9 Å². The molecule has 1 fully saturated rings. The van der Waals surface area contributed by atoms with Gasteiger partial charge in [0.2, 0.25) is 0 Å². The SMILES string of the molecule is CC1(Cc2ccccc2Cl)CCN(Cc2ccccc2NS(=O)(=O)C(F)(F)F)C(=O)OC1. The molecule has 1 unspecified atom stereocenters. The highest BCUT2D eigenvalue weighted by molar-refractivity contribution is 7.93. The van der Waals surface area contributed by atoms with Crippen LogP contribution in [-0.4, -0.2) is 38.1 Å². The maximum atomic E-state index is 12.8. The van der Waals surface area contributed by atoms with Gasteiger partial charge in [0.15, 0.2) is 0 Å². The summed E-state index contributed by atoms with van der Waals surface area (Å²) in [5.41, 5.74) is -4.96. The summed E-state index contributed by atoms with van der Waals surface area (Å²) in [6, 6.07) is 13.0. The molecule has 6 nitrogen and oxygen atoms in total. The summed E-state index contributed by atoms with van der Waals surface area (Å²) in [5, 5.41) is 0.618. The van der Waals surface area contributed by atoms with Crippen LogP contribution in [0.25, 0.3) is 0 Å². The Bertz CT molecular complexity index is 1090. The van der Waals surface area contributed by atoms with Gasteiger partial charge in [0.1, 0.15) is 0 Å². The van der Waals surface area contributed by atoms with Gasteiger partial charge in [0, 0.05) is 17.0 Å². The van der Waals surface area contributed by atoms with Gasteiger partial charge in [-0.05, 0) is 36.1 Å². The molecule has 3 rings (SSSR count). The van der Waals surface area contributed by atoms with E-state index in [1.807, 2.05) is 25.1 Å². The van der Waals surface area contributed by atoms with E-state index >= 15 is 0 Å². The largest absolute Gasteiger partial charge is 0.516 e. The van der Waals surface area contributed by atoms with E-state index in [1.165, 1.54) is 23.1 Å². The second-order valence-electron chi connectivity index (χ2n) is 8.01. The molecule has 1 saturated heterocycles. The normalized spacial score (nSPS) is 19.9. The number of rotatable bonds is 6. The number of ether oxygens (including phenoxy) is 1. The van der Waals surface area contributed by atoms with Gasteiger partial charge in [-0.2, -0.15) is 21.6 Å². The number of carbonyl (C=O) groups is 1. The Labute approximate surface area is 189 Å². The molecule has 0 spiro atoms. The van der Waals surface area contributed by atoms with Crippen LogP contribution in [0, 0.1) is 5.41 Å². The van der Waals surface area contributed by atoms with Crippen LogP contribution in [-0.2, 0) is 27.7 Å². The zero-order valence-corrected chi connectivity index (χ0v) is 18.7. The van der Waals surface area contributed by atoms with Crippen LogP contribution in [0.1, 0.15) is 24.5 Å². The van der Waals surface area contributed by atoms with Crippen molar-refractivity contribution in [2.75, 3.05) is 17.9 Å². The maximum Gasteiger partial charge on any atom is 0.516 e. The van der Waals surface area contributed by atoms with Crippen LogP contribution in [0.5, 0.6) is 0 Å². The number of hydrogen-bond donors (Lipinski definition) is 1. The third kappa shape index (κ3) is 5.66. The lowest BCUT2D eigenvalue weighted by molar-refractivity contribution is -0.0429. The molecule has 1 heterocycles. The maximum absolute atomic E-state index is 12.8. The molecule has 2 aromatic carbocycles. The van der Waals surface area contributed by atoms with E-state index in [1.54, 1.807) is 16.9 Å². The number of cyclic esters (lactones) is 1. The lowest BCUT2D eigenvalue weighted by Crippen LogP contribution is -2.32. The summed E-state index contributed by atoms with van der Waals surface area (Å²) in [4.78, 5) is 13.9. The van der Waals surface area contributed by atoms with Crippen LogP contribution in [0.15, 0.2) is 48.5 Å². The summed E-state index contributed by atoms with van der Waals surface area (Å²) in [5.74, 6) is 0. The number of sulfonamides is 1. The van der Waals surface area contributed by atoms with Gasteiger partial charge in [-0.15, -0.1) is 0 Å². The minimum absolute atomic E-state index is 0.114. The van der Waals surface area contributed by atoms with Gasteiger partial charge in [0.05, 0.1) is 18.8 Å². The molecule has 1 N–H and O–H groups in total. The van der Waals surface area contributed by atoms with Gasteiger partial charge in [-0.3, -0.25) is 4.72 Å². The molecular weight excluding hydrogens is 469 g/mol. The van der Waals surface area contributed by atoms with Crippen LogP contribution in [0.3, 0.4) is 0 Å². The molecule has 1 aliphatic heterocycles. The highest BCUT2D eigenvalue weighted by Crippen LogP contribution is 2.34. The topological polar surface area (TPSA) is 75.7 Å². The average molecular weight is 491 g/mol. The van der Waals surface area contributed by atoms with Crippen molar-refractivity contribution >= 4 is 33.4 Å². The number of anilines is 1. The molecule has 11 heteroatoms. The van der Waals surface area contributed by atoms with Crippen molar-refractivity contribution < 1.29 is 31.1 Å². The van der Waals surface area contributed by atoms with Crippen LogP contribution in [0.4, 0.5) is 23.7 Å². The summed E-state index contributed by atoms with van der Waals surface area (Å²) < 4.78 is 68.4. The fourth-order valence-electron chi connectivity index (χ4n) is 3.45. The Morgan fingerprint density at radius 3 is 2.41 bits per heavy atom. The quantitative estimate of drug-likeness (QED) is 0.604. The molecule has 0 saturated carbocycles. The summed E-state index contributed by atoms with van der Waals surface area (Å²) >= 11 is 6.26. The molecule has 174 valence electrons. The lowest BCUT2D eigenvalue weighted by atomic mass is 9.81. The van der Waals surface area contributed by atoms with E-state index < -0.39 is 27.0 Å². The molecule has 2 aromatic rings. The number of halogens is 4. The van der Waals surface area contributed by atoms with Crippen LogP contribution in [0.2, 0.25) is 5.02 Å². The van der Waals surface area contributed by atoms with Crippen molar-refractivity contribution in [1.82, 2.24) is 4.90 Å². The van der Waals surface area contributed by atoms with E-state index in [4.69, 9.17) is 16.3 Å². The van der Waals surface area contributed by atoms with Crippen molar-refractivity contribution in [1.29, 1.82) is 0 Å². The minimum Gasteiger partial charge on any atom is -0.449 e. The first-order valence-electron chi connectivity index (χ1n) is 9.72. The van der Waals surface area contributed by atoms with E-state index in [0.717, 1.165) is 5.56 Å². The van der Waals surface area contributed by atoms with E-state index in [2.05, 4.69) is 0 Å². The van der Waals surface area contributed by atoms with Gasteiger partial charge in [-0.25, -0.2) is 4.79 Å². The molecule has 0 radical (unpaired) electrons. The predicted molar refractivity (Wildman–Crippen MR) is 115 cm³/mol. The summed E-state index contributed by atoms with van der Waals surface area (Å²) in [7, 11) is -5.59. The van der Waals surface area contributed by atoms with Crippen LogP contribution >= 0.6 is 11.6 Å². The highest BCUT2D eigenvalue weighted by atomic mass is 35.5. The molecule has 1 aliphatic rings. The first kappa shape index (κ1) is 24.2. The van der Waals surface area contributed by atoms with Gasteiger partial charge < -0.3 is 9.64 Å². The van der Waals surface area contributed by atoms with Crippen molar-refractivity contribution in [2.24, 2.45) is 5.41 Å². The van der Waals surface area contributed by atoms with Crippen molar-refractivity contribution in [3.8, 4) is 0 Å². The fourth-order valence-corrected chi connectivity index (χ4v) is 4.25. The van der Waals surface area contributed by atoms with E-state index in [9.17, 15) is 26.4 Å². The monoisotopic (exact) mass is 490 g/mol. The number of benzene rings is 2. The second kappa shape index (κ2) is 9.19. The number of amides is 1. The second-order valence-corrected chi connectivity index (χ2v) is 10.1. The molecule has 32 heavy (non-hydrogen) atoms. The Kier molecular flexibility index (Phi) is 6.94. The number of para-hydroxylation sites is 1. The number of nitrogens with zero attached hydrogens (tertiary/aromatic N) is 1. The third-order valence-corrected chi connectivity index (χ3v) is 6.76. The third-order valence-electron chi connectivity index (χ3n) is 5.29. The van der Waals surface area contributed by atoms with Crippen molar-refractivity contribution in [2.45, 2.75) is 31.8 Å². The standard InChI is InChI=1S/C21H22ClF3N2O4S/c1-20(12-15-6-2-4-8-17(15)22)10-11-27(19(28)31-14-20)13-16-7-3-5-9-18(16)26-32(29,30)21(23,24)25/h2-9,26H,10-14H2,1H3. The molecule has 0 aromatic heterocycles. The highest BCUT2D eigenvalue weighted by Gasteiger charge is 2.46. The van der Waals surface area contributed by atoms with Crippen molar-refractivity contribution in [3.63, 3.8) is 0 Å². The molecular formula is C21H22ClF3N2O4S. The molecule has 1 atom stereocenters. The molecule has 0 aliphatic carbocycles. The fraction of sp³-hybridized carbons (Fsp3) is 0.381. The number of carbonyl (C=O) groups excluding carboxylic acids is 1. The smallest absolute Gasteiger partial charge is 0.449 e. The number of hydrogen-bond acceptors (Lipinski definition) is 4. The molecule has 1 amide bonds. The Balaban J connectivity index is 1.75. The predicted octanol–water partition coefficient (Wildman–Crippen LogP) is 5.19. The van der Waals surface area contributed by atoms with Gasteiger partial charge >= 0.3 is 21.6 Å². The van der Waals surface area contributed by atoms with Crippen LogP contribution < -0.4 is 4.72 Å². The molecule has 0 bridgehead atoms. The Morgan fingerprint density at radius 2 is 1.75 bits per heavy atom. The first-order chi connectivity index (χ1) is 14.9. The minimum atomic E-state index is -5.59. The summed E-state index contributed by atoms with van der Waals surface area (Å²) in [6.45, 7) is 2.28. The Morgan fingerprint density at radius 1 is 1.12 bits per heavy atom. The first-order valence-corrected chi connectivity index (χ1v) is 11.6. The Hall–Kier alpha value is -2.46. The number of nitrogens with one attached hydrogen (secondary N) is 1. The lowest BCUT2D eigenvalue weighted by Gasteiger charge is -2.27. The average Bonchev–Trinajstić information content (AvgIpc) is 2.84. The van der Waals surface area contributed by atoms with Gasteiger partial charge in [0.25, 0.3) is 0 Å². The number of alkyl halides is 3. The van der Waals surface area contributed by atoms with E-state index in [0.29, 0.717) is 17.9 Å². The van der Waals surface area contributed by atoms with E-state index in [-0.39, 0.29) is 30.9 Å². The van der Waals surface area contributed by atoms with Crippen molar-refractivity contribution in [3.05, 3.63) is 64.7 Å². The summed E-state index contributed by atoms with van der Waals surface area (Å²) in [6.07, 6.45) is 0.511. The zero-order chi connectivity index (χ0) is 23.6.